The van der Waals surface area contributed by atoms with E-state index in [-0.39, 0.29) is 29.9 Å². The molecule has 1 aromatic carbocycles. The molecule has 3 N–H and O–H groups in total. The van der Waals surface area contributed by atoms with Gasteiger partial charge in [0.25, 0.3) is 5.91 Å². The standard InChI is InChI=1S/C19H30N4OS.HI/c1-20-18(24)15-7-4-6-14(12-15)10-11-22-19(21-2)23-16-8-5-9-17(13-16)25-3;/h4,6-7,12,16-17H,5,8-11,13H2,1-3H3,(H,20,24)(H2,21,22,23);1H. The van der Waals surface area contributed by atoms with Crippen LogP contribution in [0.4, 0.5) is 0 Å². The van der Waals surface area contributed by atoms with Crippen molar-refractivity contribution in [2.45, 2.75) is 43.4 Å². The van der Waals surface area contributed by atoms with Gasteiger partial charge in [-0.3, -0.25) is 9.79 Å². The first-order valence-electron chi connectivity index (χ1n) is 8.97. The minimum absolute atomic E-state index is 0. The zero-order valence-corrected chi connectivity index (χ0v) is 19.0. The molecule has 2 unspecified atom stereocenters. The molecule has 1 amide bonds. The lowest BCUT2D eigenvalue weighted by molar-refractivity contribution is 0.0963. The molecule has 1 fully saturated rings. The summed E-state index contributed by atoms with van der Waals surface area (Å²) in [6.45, 7) is 0.787. The number of aliphatic imine (C=N–C) groups is 1. The quantitative estimate of drug-likeness (QED) is 0.326. The summed E-state index contributed by atoms with van der Waals surface area (Å²) >= 11 is 1.97. The topological polar surface area (TPSA) is 65.5 Å². The smallest absolute Gasteiger partial charge is 0.251 e. The van der Waals surface area contributed by atoms with E-state index in [1.54, 1.807) is 7.05 Å². The number of nitrogens with zero attached hydrogens (tertiary/aromatic N) is 1. The lowest BCUT2D eigenvalue weighted by Gasteiger charge is -2.29. The second kappa shape index (κ2) is 12.4. The normalized spacial score (nSPS) is 20.0. The Kier molecular flexibility index (Phi) is 11.0. The number of thioether (sulfide) groups is 1. The molecule has 26 heavy (non-hydrogen) atoms. The highest BCUT2D eigenvalue weighted by atomic mass is 127. The van der Waals surface area contributed by atoms with E-state index < -0.39 is 0 Å². The molecule has 0 saturated heterocycles. The molecule has 0 aliphatic heterocycles. The molecule has 0 spiro atoms. The van der Waals surface area contributed by atoms with Crippen molar-refractivity contribution in [1.82, 2.24) is 16.0 Å². The Morgan fingerprint density at radius 1 is 1.35 bits per heavy atom. The molecule has 1 saturated carbocycles. The predicted molar refractivity (Wildman–Crippen MR) is 123 cm³/mol. The monoisotopic (exact) mass is 490 g/mol. The van der Waals surface area contributed by atoms with Gasteiger partial charge in [0.2, 0.25) is 0 Å². The number of hydrogen-bond donors (Lipinski definition) is 3. The number of carbonyl (C=O) groups is 1. The van der Waals surface area contributed by atoms with Crippen molar-refractivity contribution in [1.29, 1.82) is 0 Å². The highest BCUT2D eigenvalue weighted by molar-refractivity contribution is 14.0. The number of benzene rings is 1. The Balaban J connectivity index is 0.00000338. The van der Waals surface area contributed by atoms with Gasteiger partial charge in [0, 0.05) is 37.5 Å². The number of nitrogens with one attached hydrogen (secondary N) is 3. The van der Waals surface area contributed by atoms with Crippen LogP contribution in [-0.2, 0) is 6.42 Å². The third kappa shape index (κ3) is 7.34. The first kappa shape index (κ1) is 23.1. The minimum atomic E-state index is -0.0482. The van der Waals surface area contributed by atoms with Gasteiger partial charge in [0.15, 0.2) is 5.96 Å². The maximum absolute atomic E-state index is 11.7. The Labute approximate surface area is 178 Å². The number of carbonyl (C=O) groups excluding carboxylic acids is 1. The predicted octanol–water partition coefficient (Wildman–Crippen LogP) is 3.05. The summed E-state index contributed by atoms with van der Waals surface area (Å²) in [5.41, 5.74) is 1.84. The van der Waals surface area contributed by atoms with E-state index >= 15 is 0 Å². The zero-order valence-electron chi connectivity index (χ0n) is 15.9. The van der Waals surface area contributed by atoms with E-state index in [4.69, 9.17) is 0 Å². The Morgan fingerprint density at radius 2 is 2.15 bits per heavy atom. The highest BCUT2D eigenvalue weighted by Gasteiger charge is 2.21. The molecule has 2 rings (SSSR count). The Bertz CT molecular complexity index is 597. The fourth-order valence-electron chi connectivity index (χ4n) is 3.22. The Hall–Kier alpha value is -0.960. The van der Waals surface area contributed by atoms with Gasteiger partial charge in [-0.2, -0.15) is 11.8 Å². The molecule has 1 aliphatic carbocycles. The van der Waals surface area contributed by atoms with E-state index in [1.165, 1.54) is 25.7 Å². The lowest BCUT2D eigenvalue weighted by atomic mass is 9.95. The van der Waals surface area contributed by atoms with Crippen molar-refractivity contribution in [3.05, 3.63) is 35.4 Å². The summed E-state index contributed by atoms with van der Waals surface area (Å²) < 4.78 is 0. The first-order chi connectivity index (χ1) is 12.2. The summed E-state index contributed by atoms with van der Waals surface area (Å²) in [7, 11) is 3.47. The first-order valence-corrected chi connectivity index (χ1v) is 10.3. The molecule has 7 heteroatoms. The van der Waals surface area contributed by atoms with Crippen LogP contribution in [0.15, 0.2) is 29.3 Å². The fourth-order valence-corrected chi connectivity index (χ4v) is 4.04. The summed E-state index contributed by atoms with van der Waals surface area (Å²) in [4.78, 5) is 16.1. The second-order valence-corrected chi connectivity index (χ2v) is 7.53. The summed E-state index contributed by atoms with van der Waals surface area (Å²) in [6, 6.07) is 8.27. The van der Waals surface area contributed by atoms with Crippen molar-refractivity contribution in [3.8, 4) is 0 Å². The number of rotatable bonds is 6. The summed E-state index contributed by atoms with van der Waals surface area (Å²) in [5.74, 6) is 0.821. The molecule has 1 aromatic rings. The van der Waals surface area contributed by atoms with Gasteiger partial charge in [-0.25, -0.2) is 0 Å². The molecular formula is C19H31IN4OS. The second-order valence-electron chi connectivity index (χ2n) is 6.39. The van der Waals surface area contributed by atoms with Crippen LogP contribution in [-0.4, -0.2) is 50.1 Å². The van der Waals surface area contributed by atoms with Gasteiger partial charge in [-0.05, 0) is 49.6 Å². The average molecular weight is 490 g/mol. The molecule has 2 atom stereocenters. The van der Waals surface area contributed by atoms with Crippen LogP contribution in [0.25, 0.3) is 0 Å². The fraction of sp³-hybridized carbons (Fsp3) is 0.579. The SMILES string of the molecule is CN=C(NCCc1cccc(C(=O)NC)c1)NC1CCCC(SC)C1.I. The molecule has 0 aromatic heterocycles. The van der Waals surface area contributed by atoms with Crippen molar-refractivity contribution in [2.24, 2.45) is 4.99 Å². The van der Waals surface area contributed by atoms with Crippen LogP contribution in [0.1, 0.15) is 41.6 Å². The summed E-state index contributed by atoms with van der Waals surface area (Å²) in [6.07, 6.45) is 8.08. The van der Waals surface area contributed by atoms with Crippen molar-refractivity contribution < 1.29 is 4.79 Å². The lowest BCUT2D eigenvalue weighted by Crippen LogP contribution is -2.46. The van der Waals surface area contributed by atoms with Gasteiger partial charge in [0.1, 0.15) is 0 Å². The van der Waals surface area contributed by atoms with Crippen LogP contribution in [0.5, 0.6) is 0 Å². The number of halogens is 1. The van der Waals surface area contributed by atoms with Gasteiger partial charge in [0.05, 0.1) is 0 Å². The highest BCUT2D eigenvalue weighted by Crippen LogP contribution is 2.26. The number of hydrogen-bond acceptors (Lipinski definition) is 3. The van der Waals surface area contributed by atoms with Crippen LogP contribution in [0.3, 0.4) is 0 Å². The maximum Gasteiger partial charge on any atom is 0.251 e. The number of guanidine groups is 1. The van der Waals surface area contributed by atoms with Crippen LogP contribution >= 0.6 is 35.7 Å². The molecule has 0 radical (unpaired) electrons. The molecule has 146 valence electrons. The summed E-state index contributed by atoms with van der Waals surface area (Å²) in [5, 5.41) is 10.4. The van der Waals surface area contributed by atoms with Gasteiger partial charge in [-0.1, -0.05) is 18.6 Å². The third-order valence-corrected chi connectivity index (χ3v) is 5.74. The number of amides is 1. The molecular weight excluding hydrogens is 459 g/mol. The largest absolute Gasteiger partial charge is 0.356 e. The maximum atomic E-state index is 11.7. The van der Waals surface area contributed by atoms with Crippen molar-refractivity contribution in [2.75, 3.05) is 26.9 Å². The van der Waals surface area contributed by atoms with E-state index in [1.807, 2.05) is 37.0 Å². The van der Waals surface area contributed by atoms with Crippen molar-refractivity contribution >= 4 is 47.6 Å². The van der Waals surface area contributed by atoms with Crippen LogP contribution in [0, 0.1) is 0 Å². The van der Waals surface area contributed by atoms with Gasteiger partial charge in [-0.15, -0.1) is 24.0 Å². The third-order valence-electron chi connectivity index (χ3n) is 4.65. The van der Waals surface area contributed by atoms with E-state index in [0.717, 1.165) is 29.7 Å². The van der Waals surface area contributed by atoms with Crippen LogP contribution < -0.4 is 16.0 Å². The van der Waals surface area contributed by atoms with Gasteiger partial charge < -0.3 is 16.0 Å². The van der Waals surface area contributed by atoms with E-state index in [2.05, 4.69) is 33.3 Å². The molecule has 5 nitrogen and oxygen atoms in total. The Morgan fingerprint density at radius 3 is 2.85 bits per heavy atom. The van der Waals surface area contributed by atoms with Gasteiger partial charge >= 0.3 is 0 Å². The van der Waals surface area contributed by atoms with Crippen molar-refractivity contribution in [3.63, 3.8) is 0 Å². The molecule has 0 heterocycles. The molecule has 0 bridgehead atoms. The van der Waals surface area contributed by atoms with E-state index in [0.29, 0.717) is 11.6 Å². The zero-order chi connectivity index (χ0) is 18.1. The molecule has 1 aliphatic rings. The van der Waals surface area contributed by atoms with Crippen LogP contribution in [0.2, 0.25) is 0 Å². The minimum Gasteiger partial charge on any atom is -0.356 e. The van der Waals surface area contributed by atoms with E-state index in [9.17, 15) is 4.79 Å². The average Bonchev–Trinajstić information content (AvgIpc) is 2.66.